The standard InChI is InChI=1S/C34H48N2O9/c1-4-5-6-11-31(39)36-33(32-27-10-8-7-9-26(27)23-30(32)38)24(2)25-12-13-29(37)28(22-25)35-34(40)45-21-20-44-19-18-43-17-16-42-15-14-41-3/h7-10,12-13,22,30,32-33,37-38H,2,4-6,11,14-21,23H2,1,3H3,(H,35,40)(H,36,39)/t30?,32?,33-/m1/s1. The zero-order valence-corrected chi connectivity index (χ0v) is 26.4. The lowest BCUT2D eigenvalue weighted by Crippen LogP contribution is -2.42. The number of anilines is 1. The lowest BCUT2D eigenvalue weighted by atomic mass is 9.84. The minimum Gasteiger partial charge on any atom is -0.506 e. The maximum atomic E-state index is 13.0. The number of methoxy groups -OCH3 is 1. The summed E-state index contributed by atoms with van der Waals surface area (Å²) in [5.41, 5.74) is 3.26. The molecule has 11 nitrogen and oxygen atoms in total. The Morgan fingerprint density at radius 2 is 1.62 bits per heavy atom. The normalized spacial score (nSPS) is 16.2. The molecule has 1 aliphatic carbocycles. The number of phenols is 1. The molecule has 0 heterocycles. The van der Waals surface area contributed by atoms with Crippen molar-refractivity contribution in [3.05, 3.63) is 65.7 Å². The molecule has 4 N–H and O–H groups in total. The van der Waals surface area contributed by atoms with Gasteiger partial charge in [-0.05, 0) is 47.2 Å². The van der Waals surface area contributed by atoms with E-state index in [0.717, 1.165) is 30.4 Å². The van der Waals surface area contributed by atoms with Crippen LogP contribution in [0.25, 0.3) is 5.57 Å². The van der Waals surface area contributed by atoms with E-state index in [9.17, 15) is 19.8 Å². The van der Waals surface area contributed by atoms with Crippen molar-refractivity contribution < 1.29 is 43.5 Å². The Bertz CT molecular complexity index is 1220. The van der Waals surface area contributed by atoms with E-state index in [4.69, 9.17) is 23.7 Å². The van der Waals surface area contributed by atoms with Gasteiger partial charge in [0.25, 0.3) is 0 Å². The number of carbonyl (C=O) groups excluding carboxylic acids is 2. The van der Waals surface area contributed by atoms with Crippen LogP contribution in [0.1, 0.15) is 55.2 Å². The number of aliphatic hydroxyl groups excluding tert-OH is 1. The molecule has 0 bridgehead atoms. The summed E-state index contributed by atoms with van der Waals surface area (Å²) in [6.45, 7) is 9.25. The van der Waals surface area contributed by atoms with Crippen LogP contribution in [0.5, 0.6) is 5.75 Å². The molecular weight excluding hydrogens is 580 g/mol. The van der Waals surface area contributed by atoms with E-state index < -0.39 is 24.2 Å². The average Bonchev–Trinajstić information content (AvgIpc) is 3.36. The Balaban J connectivity index is 1.56. The second kappa shape index (κ2) is 19.8. The Kier molecular flexibility index (Phi) is 15.8. The SMILES string of the molecule is C=C(c1ccc(O)c(NC(=O)OCCOCCOCCOCCOC)c1)[C@@H](NC(=O)CCCCC)C1c2ccccc2CC1O. The first-order valence-electron chi connectivity index (χ1n) is 15.6. The number of hydrogen-bond acceptors (Lipinski definition) is 9. The molecule has 0 aromatic heterocycles. The summed E-state index contributed by atoms with van der Waals surface area (Å²) in [4.78, 5) is 25.5. The first-order chi connectivity index (χ1) is 21.8. The Morgan fingerprint density at radius 1 is 0.956 bits per heavy atom. The van der Waals surface area contributed by atoms with Crippen LogP contribution in [0, 0.1) is 0 Å². The molecule has 0 aliphatic heterocycles. The van der Waals surface area contributed by atoms with Gasteiger partial charge in [-0.2, -0.15) is 0 Å². The number of amides is 2. The number of ether oxygens (including phenoxy) is 5. The molecule has 3 atom stereocenters. The van der Waals surface area contributed by atoms with E-state index in [0.29, 0.717) is 63.6 Å². The summed E-state index contributed by atoms with van der Waals surface area (Å²) in [5, 5.41) is 27.2. The number of aliphatic hydroxyl groups is 1. The number of benzene rings is 2. The highest BCUT2D eigenvalue weighted by atomic mass is 16.6. The second-order valence-electron chi connectivity index (χ2n) is 10.8. The molecule has 2 unspecified atom stereocenters. The molecule has 0 fully saturated rings. The molecule has 0 spiro atoms. The zero-order chi connectivity index (χ0) is 32.4. The second-order valence-corrected chi connectivity index (χ2v) is 10.8. The molecule has 248 valence electrons. The number of unbranched alkanes of at least 4 members (excludes halogenated alkanes) is 2. The highest BCUT2D eigenvalue weighted by Gasteiger charge is 2.39. The fraction of sp³-hybridized carbons (Fsp3) is 0.529. The van der Waals surface area contributed by atoms with Crippen molar-refractivity contribution >= 4 is 23.3 Å². The highest BCUT2D eigenvalue weighted by Crippen LogP contribution is 2.40. The summed E-state index contributed by atoms with van der Waals surface area (Å²) < 4.78 is 26.2. The van der Waals surface area contributed by atoms with Crippen molar-refractivity contribution in [3.63, 3.8) is 0 Å². The predicted octanol–water partition coefficient (Wildman–Crippen LogP) is 4.42. The molecule has 2 aromatic carbocycles. The Labute approximate surface area is 265 Å². The van der Waals surface area contributed by atoms with Crippen LogP contribution in [0.2, 0.25) is 0 Å². The molecule has 0 radical (unpaired) electrons. The molecule has 0 saturated carbocycles. The lowest BCUT2D eigenvalue weighted by Gasteiger charge is -2.30. The van der Waals surface area contributed by atoms with Gasteiger partial charge in [0.1, 0.15) is 12.4 Å². The molecule has 45 heavy (non-hydrogen) atoms. The van der Waals surface area contributed by atoms with Gasteiger partial charge in [0.05, 0.1) is 64.1 Å². The van der Waals surface area contributed by atoms with Gasteiger partial charge in [-0.3, -0.25) is 10.1 Å². The number of phenolic OH excluding ortho intramolecular Hbond substituents is 1. The lowest BCUT2D eigenvalue weighted by molar-refractivity contribution is -0.121. The van der Waals surface area contributed by atoms with Crippen molar-refractivity contribution in [3.8, 4) is 5.75 Å². The van der Waals surface area contributed by atoms with Crippen LogP contribution in [-0.2, 0) is 34.9 Å². The number of nitrogens with one attached hydrogen (secondary N) is 2. The summed E-state index contributed by atoms with van der Waals surface area (Å²) in [6.07, 6.45) is 2.09. The molecule has 3 rings (SSSR count). The Hall–Kier alpha value is -3.48. The summed E-state index contributed by atoms with van der Waals surface area (Å²) >= 11 is 0. The summed E-state index contributed by atoms with van der Waals surface area (Å²) in [7, 11) is 1.61. The van der Waals surface area contributed by atoms with E-state index in [1.54, 1.807) is 19.2 Å². The molecular formula is C34H48N2O9. The minimum absolute atomic E-state index is 0.00420. The first kappa shape index (κ1) is 36.0. The van der Waals surface area contributed by atoms with Crippen LogP contribution >= 0.6 is 0 Å². The van der Waals surface area contributed by atoms with Crippen LogP contribution in [-0.4, -0.2) is 94.3 Å². The van der Waals surface area contributed by atoms with E-state index in [1.807, 2.05) is 24.3 Å². The smallest absolute Gasteiger partial charge is 0.411 e. The van der Waals surface area contributed by atoms with Gasteiger partial charge in [-0.25, -0.2) is 4.79 Å². The highest BCUT2D eigenvalue weighted by molar-refractivity contribution is 5.88. The molecule has 2 amide bonds. The number of aromatic hydroxyl groups is 1. The van der Waals surface area contributed by atoms with Gasteiger partial charge in [0.15, 0.2) is 0 Å². The fourth-order valence-electron chi connectivity index (χ4n) is 5.22. The minimum atomic E-state index is -0.762. The van der Waals surface area contributed by atoms with Crippen LogP contribution < -0.4 is 10.6 Å². The van der Waals surface area contributed by atoms with Crippen molar-refractivity contribution in [1.29, 1.82) is 0 Å². The van der Waals surface area contributed by atoms with E-state index >= 15 is 0 Å². The number of hydrogen-bond donors (Lipinski definition) is 4. The monoisotopic (exact) mass is 628 g/mol. The van der Waals surface area contributed by atoms with Crippen LogP contribution in [0.3, 0.4) is 0 Å². The van der Waals surface area contributed by atoms with Gasteiger partial charge in [-0.1, -0.05) is 56.7 Å². The third-order valence-electron chi connectivity index (χ3n) is 7.56. The van der Waals surface area contributed by atoms with Crippen molar-refractivity contribution in [1.82, 2.24) is 5.32 Å². The molecule has 2 aromatic rings. The largest absolute Gasteiger partial charge is 0.506 e. The van der Waals surface area contributed by atoms with Gasteiger partial charge in [0, 0.05) is 19.4 Å². The van der Waals surface area contributed by atoms with Crippen molar-refractivity contribution in [2.24, 2.45) is 0 Å². The maximum absolute atomic E-state index is 13.0. The van der Waals surface area contributed by atoms with E-state index in [2.05, 4.69) is 24.1 Å². The van der Waals surface area contributed by atoms with Gasteiger partial charge < -0.3 is 39.2 Å². The predicted molar refractivity (Wildman–Crippen MR) is 171 cm³/mol. The maximum Gasteiger partial charge on any atom is 0.411 e. The average molecular weight is 629 g/mol. The molecule has 0 saturated heterocycles. The zero-order valence-electron chi connectivity index (χ0n) is 26.4. The van der Waals surface area contributed by atoms with Crippen molar-refractivity contribution in [2.45, 2.75) is 57.1 Å². The Morgan fingerprint density at radius 3 is 2.31 bits per heavy atom. The van der Waals surface area contributed by atoms with Crippen LogP contribution in [0.15, 0.2) is 49.0 Å². The number of fused-ring (bicyclic) bond motifs is 1. The summed E-state index contributed by atoms with van der Waals surface area (Å²) in [6, 6.07) is 11.9. The van der Waals surface area contributed by atoms with Gasteiger partial charge >= 0.3 is 6.09 Å². The van der Waals surface area contributed by atoms with E-state index in [1.165, 1.54) is 6.07 Å². The summed E-state index contributed by atoms with van der Waals surface area (Å²) in [5.74, 6) is -0.680. The van der Waals surface area contributed by atoms with Gasteiger partial charge in [-0.15, -0.1) is 0 Å². The first-order valence-corrected chi connectivity index (χ1v) is 15.6. The third-order valence-corrected chi connectivity index (χ3v) is 7.56. The topological polar surface area (TPSA) is 145 Å². The van der Waals surface area contributed by atoms with E-state index in [-0.39, 0.29) is 30.6 Å². The van der Waals surface area contributed by atoms with Gasteiger partial charge in [0.2, 0.25) is 5.91 Å². The molecule has 11 heteroatoms. The number of rotatable bonds is 21. The van der Waals surface area contributed by atoms with Crippen LogP contribution in [0.4, 0.5) is 10.5 Å². The molecule has 1 aliphatic rings. The quantitative estimate of drug-likeness (QED) is 0.117. The third kappa shape index (κ3) is 11.8. The number of carbonyl (C=O) groups is 2. The fourth-order valence-corrected chi connectivity index (χ4v) is 5.22. The van der Waals surface area contributed by atoms with Crippen molar-refractivity contribution in [2.75, 3.05) is 65.3 Å².